The number of rotatable bonds is 1. The highest BCUT2D eigenvalue weighted by atomic mass is 16.3. The minimum absolute atomic E-state index is 0.366. The van der Waals surface area contributed by atoms with Gasteiger partial charge in [-0.3, -0.25) is 5.32 Å². The molecule has 4 N–H and O–H groups in total. The maximum Gasteiger partial charge on any atom is 0.101 e. The van der Waals surface area contributed by atoms with Crippen molar-refractivity contribution in [3.63, 3.8) is 0 Å². The van der Waals surface area contributed by atoms with Gasteiger partial charge in [-0.1, -0.05) is 0 Å². The van der Waals surface area contributed by atoms with Crippen molar-refractivity contribution in [1.29, 1.82) is 0 Å². The van der Waals surface area contributed by atoms with E-state index in [1.165, 1.54) is 7.05 Å². The van der Waals surface area contributed by atoms with Crippen molar-refractivity contribution in [2.24, 2.45) is 5.73 Å². The van der Waals surface area contributed by atoms with Crippen LogP contribution in [0, 0.1) is 0 Å². The molecule has 46 valence electrons. The molecule has 3 heteroatoms. The van der Waals surface area contributed by atoms with Crippen molar-refractivity contribution in [2.45, 2.75) is 13.2 Å². The molecule has 3 nitrogen and oxygen atoms in total. The van der Waals surface area contributed by atoms with Crippen LogP contribution in [0.4, 0.5) is 0 Å². The van der Waals surface area contributed by atoms with Crippen LogP contribution in [0.2, 0.25) is 0 Å². The highest BCUT2D eigenvalue weighted by Crippen LogP contribution is 1.59. The average Bonchev–Trinajstić information content (AvgIpc) is 1.73. The minimum atomic E-state index is -0.366. The lowest BCUT2D eigenvalue weighted by atomic mass is 10.7. The van der Waals surface area contributed by atoms with Gasteiger partial charge in [0.2, 0.25) is 0 Å². The first-order valence-corrected chi connectivity index (χ1v) is 2.20. The van der Waals surface area contributed by atoms with E-state index < -0.39 is 0 Å². The second-order valence-electron chi connectivity index (χ2n) is 0.965. The second-order valence-corrected chi connectivity index (χ2v) is 0.965. The molecule has 7 heavy (non-hydrogen) atoms. The number of aliphatic hydroxyl groups excluding tert-OH is 1. The Hall–Kier alpha value is -0.120. The van der Waals surface area contributed by atoms with Gasteiger partial charge < -0.3 is 10.8 Å². The lowest BCUT2D eigenvalue weighted by Gasteiger charge is -1.94. The van der Waals surface area contributed by atoms with Crippen LogP contribution >= 0.6 is 0 Å². The van der Waals surface area contributed by atoms with Gasteiger partial charge in [-0.25, -0.2) is 0 Å². The summed E-state index contributed by atoms with van der Waals surface area (Å²) < 4.78 is 0. The third-order valence-electron chi connectivity index (χ3n) is 0.418. The number of nitrogens with one attached hydrogen (secondary N) is 1. The summed E-state index contributed by atoms with van der Waals surface area (Å²) in [4.78, 5) is 0. The maximum absolute atomic E-state index is 8.25. The Balaban J connectivity index is 0. The van der Waals surface area contributed by atoms with E-state index in [0.717, 1.165) is 0 Å². The third-order valence-corrected chi connectivity index (χ3v) is 0.418. The van der Waals surface area contributed by atoms with Crippen molar-refractivity contribution < 1.29 is 5.11 Å². The quantitative estimate of drug-likeness (QED) is 0.380. The van der Waals surface area contributed by atoms with Crippen LogP contribution in [-0.2, 0) is 0 Å². The SMILES string of the molecule is CN.CNC(C)O. The van der Waals surface area contributed by atoms with Crippen LogP contribution in [0.15, 0.2) is 0 Å². The summed E-state index contributed by atoms with van der Waals surface area (Å²) in [5, 5.41) is 10.8. The van der Waals surface area contributed by atoms with Crippen LogP contribution in [-0.4, -0.2) is 25.4 Å². The molecule has 0 aliphatic carbocycles. The predicted molar refractivity (Wildman–Crippen MR) is 30.9 cm³/mol. The highest BCUT2D eigenvalue weighted by molar-refractivity contribution is 4.28. The zero-order valence-corrected chi connectivity index (χ0v) is 5.10. The summed E-state index contributed by atoms with van der Waals surface area (Å²) in [7, 11) is 3.20. The molecule has 0 aliphatic heterocycles. The molecule has 0 heterocycles. The highest BCUT2D eigenvalue weighted by Gasteiger charge is 1.78. The maximum atomic E-state index is 8.25. The second kappa shape index (κ2) is 9.30. The van der Waals surface area contributed by atoms with Crippen molar-refractivity contribution in [3.05, 3.63) is 0 Å². The molecule has 0 radical (unpaired) electrons. The van der Waals surface area contributed by atoms with E-state index in [1.807, 2.05) is 0 Å². The number of hydrogen-bond donors (Lipinski definition) is 3. The van der Waals surface area contributed by atoms with Gasteiger partial charge in [-0.2, -0.15) is 0 Å². The predicted octanol–water partition coefficient (Wildman–Crippen LogP) is -0.881. The molecule has 0 fully saturated rings. The third kappa shape index (κ3) is 25.0. The smallest absolute Gasteiger partial charge is 0.101 e. The van der Waals surface area contributed by atoms with Crippen molar-refractivity contribution >= 4 is 0 Å². The molecule has 0 saturated carbocycles. The lowest BCUT2D eigenvalue weighted by Crippen LogP contribution is -2.19. The van der Waals surface area contributed by atoms with Gasteiger partial charge in [0.25, 0.3) is 0 Å². The molecule has 0 aromatic rings. The minimum Gasteiger partial charge on any atom is -0.379 e. The van der Waals surface area contributed by atoms with Crippen molar-refractivity contribution in [1.82, 2.24) is 5.32 Å². The molecule has 0 aromatic heterocycles. The molecule has 0 rings (SSSR count). The summed E-state index contributed by atoms with van der Waals surface area (Å²) in [6.07, 6.45) is -0.366. The number of aliphatic hydroxyl groups is 1. The topological polar surface area (TPSA) is 58.3 Å². The van der Waals surface area contributed by atoms with E-state index in [9.17, 15) is 0 Å². The van der Waals surface area contributed by atoms with Crippen LogP contribution < -0.4 is 11.1 Å². The van der Waals surface area contributed by atoms with E-state index in [1.54, 1.807) is 14.0 Å². The fourth-order valence-electron chi connectivity index (χ4n) is 0. The van der Waals surface area contributed by atoms with E-state index in [2.05, 4.69) is 11.1 Å². The largest absolute Gasteiger partial charge is 0.379 e. The Morgan fingerprint density at radius 3 is 1.71 bits per heavy atom. The Morgan fingerprint density at radius 2 is 1.71 bits per heavy atom. The summed E-state index contributed by atoms with van der Waals surface area (Å²) in [5.74, 6) is 0. The van der Waals surface area contributed by atoms with Gasteiger partial charge in [0.05, 0.1) is 0 Å². The van der Waals surface area contributed by atoms with E-state index in [0.29, 0.717) is 0 Å². The van der Waals surface area contributed by atoms with Gasteiger partial charge >= 0.3 is 0 Å². The van der Waals surface area contributed by atoms with Gasteiger partial charge in [0.15, 0.2) is 0 Å². The Bertz CT molecular complexity index is 23.7. The van der Waals surface area contributed by atoms with E-state index >= 15 is 0 Å². The standard InChI is InChI=1S/C3H9NO.CH5N/c1-3(5)4-2;1-2/h3-5H,1-2H3;2H2,1H3. The fraction of sp³-hybridized carbons (Fsp3) is 1.00. The van der Waals surface area contributed by atoms with Crippen molar-refractivity contribution in [2.75, 3.05) is 14.1 Å². The normalized spacial score (nSPS) is 11.6. The number of nitrogens with two attached hydrogens (primary N) is 1. The molecule has 0 aromatic carbocycles. The molecule has 0 bridgehead atoms. The van der Waals surface area contributed by atoms with Crippen molar-refractivity contribution in [3.8, 4) is 0 Å². The van der Waals surface area contributed by atoms with E-state index in [-0.39, 0.29) is 6.23 Å². The zero-order valence-electron chi connectivity index (χ0n) is 5.10. The molecular formula is C4H14N2O. The summed E-state index contributed by atoms with van der Waals surface area (Å²) in [6.45, 7) is 1.67. The molecule has 1 atom stereocenters. The average molecular weight is 106 g/mol. The van der Waals surface area contributed by atoms with Crippen LogP contribution in [0.25, 0.3) is 0 Å². The molecule has 0 spiro atoms. The lowest BCUT2D eigenvalue weighted by molar-refractivity contribution is 0.167. The first-order valence-electron chi connectivity index (χ1n) is 2.20. The summed E-state index contributed by atoms with van der Waals surface area (Å²) in [5.41, 5.74) is 4.50. The van der Waals surface area contributed by atoms with Crippen LogP contribution in [0.1, 0.15) is 6.92 Å². The van der Waals surface area contributed by atoms with Gasteiger partial charge in [-0.15, -0.1) is 0 Å². The zero-order chi connectivity index (χ0) is 6.28. The molecule has 0 saturated heterocycles. The van der Waals surface area contributed by atoms with Crippen LogP contribution in [0.5, 0.6) is 0 Å². The fourth-order valence-corrected chi connectivity index (χ4v) is 0. The first-order chi connectivity index (χ1) is 3.27. The summed E-state index contributed by atoms with van der Waals surface area (Å²) in [6, 6.07) is 0. The number of hydrogen-bond acceptors (Lipinski definition) is 3. The molecular weight excluding hydrogens is 92.1 g/mol. The first kappa shape index (κ1) is 9.99. The monoisotopic (exact) mass is 106 g/mol. The summed E-state index contributed by atoms with van der Waals surface area (Å²) >= 11 is 0. The van der Waals surface area contributed by atoms with Gasteiger partial charge in [0, 0.05) is 0 Å². The Labute approximate surface area is 44.5 Å². The van der Waals surface area contributed by atoms with Gasteiger partial charge in [-0.05, 0) is 21.0 Å². The Morgan fingerprint density at radius 1 is 1.57 bits per heavy atom. The van der Waals surface area contributed by atoms with Gasteiger partial charge in [0.1, 0.15) is 6.23 Å². The van der Waals surface area contributed by atoms with E-state index in [4.69, 9.17) is 5.11 Å². The molecule has 0 aliphatic rings. The van der Waals surface area contributed by atoms with Crippen LogP contribution in [0.3, 0.4) is 0 Å². The molecule has 0 amide bonds. The Kier molecular flexibility index (Phi) is 13.3. The molecule has 1 unspecified atom stereocenters.